The molecule has 0 bridgehead atoms. The van der Waals surface area contributed by atoms with E-state index >= 15 is 0 Å². The smallest absolute Gasteiger partial charge is 0.338 e. The third kappa shape index (κ3) is 4.67. The Morgan fingerprint density at radius 3 is 2.26 bits per heavy atom. The first-order chi connectivity index (χ1) is 12.8. The second kappa shape index (κ2) is 8.70. The number of anilines is 2. The van der Waals surface area contributed by atoms with Crippen molar-refractivity contribution in [3.63, 3.8) is 0 Å². The van der Waals surface area contributed by atoms with E-state index in [1.54, 1.807) is 23.7 Å². The minimum atomic E-state index is -0.918. The molecule has 0 radical (unpaired) electrons. The minimum absolute atomic E-state index is 0.387. The van der Waals surface area contributed by atoms with Crippen LogP contribution < -0.4 is 10.2 Å². The number of hydrogen-bond acceptors (Lipinski definition) is 5. The van der Waals surface area contributed by atoms with E-state index in [1.165, 1.54) is 0 Å². The van der Waals surface area contributed by atoms with E-state index in [4.69, 9.17) is 4.74 Å². The molecular weight excluding hydrogens is 344 g/mol. The van der Waals surface area contributed by atoms with Crippen LogP contribution in [-0.2, 0) is 16.6 Å². The van der Waals surface area contributed by atoms with Crippen molar-refractivity contribution in [2.24, 2.45) is 7.05 Å². The van der Waals surface area contributed by atoms with Crippen molar-refractivity contribution in [3.05, 3.63) is 41.2 Å². The zero-order valence-electron chi connectivity index (χ0n) is 16.9. The van der Waals surface area contributed by atoms with E-state index in [0.29, 0.717) is 16.9 Å². The van der Waals surface area contributed by atoms with Crippen LogP contribution in [0.2, 0.25) is 0 Å². The third-order valence-electron chi connectivity index (χ3n) is 4.64. The molecule has 1 heterocycles. The fourth-order valence-electron chi connectivity index (χ4n) is 2.86. The fourth-order valence-corrected chi connectivity index (χ4v) is 2.86. The lowest BCUT2D eigenvalue weighted by molar-refractivity contribution is -0.123. The number of carbonyl (C=O) groups is 2. The monoisotopic (exact) mass is 372 g/mol. The number of amides is 1. The highest BCUT2D eigenvalue weighted by molar-refractivity contribution is 5.98. The molecule has 0 saturated heterocycles. The molecule has 1 N–H and O–H groups in total. The van der Waals surface area contributed by atoms with Crippen LogP contribution in [0.15, 0.2) is 24.3 Å². The Morgan fingerprint density at radius 2 is 1.78 bits per heavy atom. The largest absolute Gasteiger partial charge is 0.449 e. The van der Waals surface area contributed by atoms with Crippen molar-refractivity contribution >= 4 is 23.3 Å². The van der Waals surface area contributed by atoms with Crippen LogP contribution in [0.25, 0.3) is 0 Å². The molecule has 7 nitrogen and oxygen atoms in total. The standard InChI is InChI=1S/C20H28N4O3/c1-7-24(8-2)17-11-9-16(10-12-17)20(26)27-15(5)19(25)21-18-13(3)22-23(6)14(18)4/h9-12,15H,7-8H2,1-6H3,(H,21,25)/t15-/m1/s1. The minimum Gasteiger partial charge on any atom is -0.449 e. The summed E-state index contributed by atoms with van der Waals surface area (Å²) in [7, 11) is 1.81. The lowest BCUT2D eigenvalue weighted by Gasteiger charge is -2.21. The first-order valence-corrected chi connectivity index (χ1v) is 9.15. The first kappa shape index (κ1) is 20.5. The molecule has 2 aromatic rings. The summed E-state index contributed by atoms with van der Waals surface area (Å²) in [5.41, 5.74) is 3.67. The van der Waals surface area contributed by atoms with E-state index in [1.807, 2.05) is 33.0 Å². The van der Waals surface area contributed by atoms with Gasteiger partial charge in [0.1, 0.15) is 0 Å². The molecule has 1 amide bonds. The summed E-state index contributed by atoms with van der Waals surface area (Å²) in [4.78, 5) is 26.9. The molecule has 1 aromatic heterocycles. The first-order valence-electron chi connectivity index (χ1n) is 9.15. The predicted octanol–water partition coefficient (Wildman–Crippen LogP) is 3.07. The van der Waals surface area contributed by atoms with Gasteiger partial charge in [-0.3, -0.25) is 9.48 Å². The van der Waals surface area contributed by atoms with Gasteiger partial charge in [-0.25, -0.2) is 4.79 Å². The van der Waals surface area contributed by atoms with Crippen molar-refractivity contribution in [2.45, 2.75) is 40.7 Å². The molecule has 0 aliphatic rings. The molecule has 27 heavy (non-hydrogen) atoms. The fraction of sp³-hybridized carbons (Fsp3) is 0.450. The quantitative estimate of drug-likeness (QED) is 0.756. The van der Waals surface area contributed by atoms with Gasteiger partial charge in [-0.1, -0.05) is 0 Å². The maximum atomic E-state index is 12.4. The molecule has 0 fully saturated rings. The molecular formula is C20H28N4O3. The highest BCUT2D eigenvalue weighted by Crippen LogP contribution is 2.19. The summed E-state index contributed by atoms with van der Waals surface area (Å²) >= 11 is 0. The van der Waals surface area contributed by atoms with Crippen LogP contribution in [0, 0.1) is 13.8 Å². The number of nitrogens with zero attached hydrogens (tertiary/aromatic N) is 3. The van der Waals surface area contributed by atoms with Crippen LogP contribution in [0.1, 0.15) is 42.5 Å². The highest BCUT2D eigenvalue weighted by atomic mass is 16.5. The van der Waals surface area contributed by atoms with Crippen LogP contribution in [-0.4, -0.2) is 40.9 Å². The van der Waals surface area contributed by atoms with Crippen LogP contribution >= 0.6 is 0 Å². The van der Waals surface area contributed by atoms with Crippen LogP contribution in [0.4, 0.5) is 11.4 Å². The predicted molar refractivity (Wildman–Crippen MR) is 106 cm³/mol. The van der Waals surface area contributed by atoms with Gasteiger partial charge in [-0.15, -0.1) is 0 Å². The Balaban J connectivity index is 2.01. The average Bonchev–Trinajstić information content (AvgIpc) is 2.89. The Labute approximate surface area is 160 Å². The van der Waals surface area contributed by atoms with Gasteiger partial charge in [0.25, 0.3) is 5.91 Å². The molecule has 1 aromatic carbocycles. The summed E-state index contributed by atoms with van der Waals surface area (Å²) in [6.45, 7) is 11.2. The Hall–Kier alpha value is -2.83. The van der Waals surface area contributed by atoms with Crippen molar-refractivity contribution in [1.29, 1.82) is 0 Å². The van der Waals surface area contributed by atoms with E-state index in [9.17, 15) is 9.59 Å². The third-order valence-corrected chi connectivity index (χ3v) is 4.64. The van der Waals surface area contributed by atoms with Crippen LogP contribution in [0.3, 0.4) is 0 Å². The molecule has 0 aliphatic heterocycles. The lowest BCUT2D eigenvalue weighted by Crippen LogP contribution is -2.30. The molecule has 2 rings (SSSR count). The number of carbonyl (C=O) groups excluding carboxylic acids is 2. The second-order valence-electron chi connectivity index (χ2n) is 6.43. The van der Waals surface area contributed by atoms with Crippen molar-refractivity contribution in [1.82, 2.24) is 9.78 Å². The molecule has 0 unspecified atom stereocenters. The number of aryl methyl sites for hydroxylation is 2. The molecule has 0 spiro atoms. The lowest BCUT2D eigenvalue weighted by atomic mass is 10.2. The van der Waals surface area contributed by atoms with Gasteiger partial charge in [-0.05, 0) is 58.9 Å². The zero-order valence-corrected chi connectivity index (χ0v) is 16.9. The number of rotatable bonds is 7. The van der Waals surface area contributed by atoms with Gasteiger partial charge in [0.15, 0.2) is 6.10 Å². The van der Waals surface area contributed by atoms with E-state index in [0.717, 1.165) is 24.5 Å². The van der Waals surface area contributed by atoms with Crippen molar-refractivity contribution in [2.75, 3.05) is 23.3 Å². The normalized spacial score (nSPS) is 11.8. The summed E-state index contributed by atoms with van der Waals surface area (Å²) in [5, 5.41) is 7.05. The summed E-state index contributed by atoms with van der Waals surface area (Å²) < 4.78 is 7.01. The van der Waals surface area contributed by atoms with Crippen molar-refractivity contribution < 1.29 is 14.3 Å². The SMILES string of the molecule is CCN(CC)c1ccc(C(=O)O[C@H](C)C(=O)Nc2c(C)nn(C)c2C)cc1. The molecule has 0 saturated carbocycles. The van der Waals surface area contributed by atoms with E-state index < -0.39 is 12.1 Å². The zero-order chi connectivity index (χ0) is 20.1. The topological polar surface area (TPSA) is 76.5 Å². The Kier molecular flexibility index (Phi) is 6.60. The number of nitrogens with one attached hydrogen (secondary N) is 1. The molecule has 1 atom stereocenters. The number of aromatic nitrogens is 2. The van der Waals surface area contributed by atoms with E-state index in [2.05, 4.69) is 29.2 Å². The summed E-state index contributed by atoms with van der Waals surface area (Å²) in [6.07, 6.45) is -0.918. The van der Waals surface area contributed by atoms with Gasteiger partial charge in [0.2, 0.25) is 0 Å². The van der Waals surface area contributed by atoms with Gasteiger partial charge < -0.3 is 15.0 Å². The molecule has 7 heteroatoms. The summed E-state index contributed by atoms with van der Waals surface area (Å²) in [6, 6.07) is 7.21. The maximum absolute atomic E-state index is 12.4. The Morgan fingerprint density at radius 1 is 1.19 bits per heavy atom. The van der Waals surface area contributed by atoms with E-state index in [-0.39, 0.29) is 5.91 Å². The van der Waals surface area contributed by atoms with Gasteiger partial charge in [0.05, 0.1) is 22.6 Å². The van der Waals surface area contributed by atoms with Gasteiger partial charge in [0, 0.05) is 25.8 Å². The average molecular weight is 372 g/mol. The summed E-state index contributed by atoms with van der Waals surface area (Å²) in [5.74, 6) is -0.911. The number of benzene rings is 1. The highest BCUT2D eigenvalue weighted by Gasteiger charge is 2.21. The maximum Gasteiger partial charge on any atom is 0.338 e. The van der Waals surface area contributed by atoms with Gasteiger partial charge in [-0.2, -0.15) is 5.10 Å². The molecule has 0 aliphatic carbocycles. The number of esters is 1. The molecule has 146 valence electrons. The number of hydrogen-bond donors (Lipinski definition) is 1. The number of ether oxygens (including phenoxy) is 1. The van der Waals surface area contributed by atoms with Gasteiger partial charge >= 0.3 is 5.97 Å². The Bertz CT molecular complexity index is 807. The van der Waals surface area contributed by atoms with Crippen LogP contribution in [0.5, 0.6) is 0 Å². The van der Waals surface area contributed by atoms with Crippen molar-refractivity contribution in [3.8, 4) is 0 Å². The second-order valence-corrected chi connectivity index (χ2v) is 6.43.